The highest BCUT2D eigenvalue weighted by Crippen LogP contribution is 1.87. The number of carbonyl (C=O) groups is 1. The van der Waals surface area contributed by atoms with Crippen LogP contribution in [0.2, 0.25) is 0 Å². The van der Waals surface area contributed by atoms with Gasteiger partial charge in [-0.05, 0) is 6.42 Å². The molecule has 0 aliphatic carbocycles. The highest BCUT2D eigenvalue weighted by molar-refractivity contribution is 5.77. The van der Waals surface area contributed by atoms with Crippen LogP contribution in [0.5, 0.6) is 0 Å². The number of aliphatic hydroxyl groups excluding tert-OH is 1. The molecule has 0 bridgehead atoms. The summed E-state index contributed by atoms with van der Waals surface area (Å²) in [7, 11) is 0. The third-order valence-corrected chi connectivity index (χ3v) is 1.74. The molecule has 0 saturated carbocycles. The van der Waals surface area contributed by atoms with E-state index in [0.717, 1.165) is 6.42 Å². The Morgan fingerprint density at radius 1 is 1.64 bits per heavy atom. The van der Waals surface area contributed by atoms with Crippen LogP contribution >= 0.6 is 0 Å². The molecule has 0 atom stereocenters. The number of amides is 1. The van der Waals surface area contributed by atoms with Gasteiger partial charge in [0.25, 0.3) is 0 Å². The number of hydrogen-bond donors (Lipinski definition) is 2. The second-order valence-electron chi connectivity index (χ2n) is 3.10. The monoisotopic (exact) mass is 200 g/mol. The topological polar surface area (TPSA) is 52.6 Å². The predicted molar refractivity (Wildman–Crippen MR) is 57.0 cm³/mol. The van der Waals surface area contributed by atoms with Gasteiger partial charge in [-0.3, -0.25) is 9.69 Å². The number of carbonyl (C=O) groups excluding carboxylic acids is 1. The van der Waals surface area contributed by atoms with Gasteiger partial charge in [-0.1, -0.05) is 13.0 Å². The first-order valence-electron chi connectivity index (χ1n) is 4.95. The molecule has 2 N–H and O–H groups in total. The van der Waals surface area contributed by atoms with E-state index in [0.29, 0.717) is 26.2 Å². The van der Waals surface area contributed by atoms with Gasteiger partial charge in [0.15, 0.2) is 0 Å². The van der Waals surface area contributed by atoms with E-state index in [4.69, 9.17) is 5.11 Å². The van der Waals surface area contributed by atoms with Gasteiger partial charge >= 0.3 is 0 Å². The molecule has 0 spiro atoms. The van der Waals surface area contributed by atoms with Crippen molar-refractivity contribution in [3.63, 3.8) is 0 Å². The Kier molecular flexibility index (Phi) is 8.17. The first-order valence-corrected chi connectivity index (χ1v) is 4.95. The Hall–Kier alpha value is -0.870. The lowest BCUT2D eigenvalue weighted by atomic mass is 10.4. The number of nitrogens with zero attached hydrogens (tertiary/aromatic N) is 1. The van der Waals surface area contributed by atoms with Crippen molar-refractivity contribution in [1.82, 2.24) is 10.2 Å². The minimum atomic E-state index is 0.00199. The van der Waals surface area contributed by atoms with Crippen LogP contribution in [0.3, 0.4) is 0 Å². The van der Waals surface area contributed by atoms with Crippen molar-refractivity contribution in [3.8, 4) is 0 Å². The van der Waals surface area contributed by atoms with Gasteiger partial charge in [-0.15, -0.1) is 6.58 Å². The first-order chi connectivity index (χ1) is 6.74. The number of rotatable bonds is 8. The van der Waals surface area contributed by atoms with Crippen LogP contribution in [-0.2, 0) is 4.79 Å². The maximum Gasteiger partial charge on any atom is 0.234 e. The molecule has 0 aromatic carbocycles. The number of aliphatic hydroxyl groups is 1. The summed E-state index contributed by atoms with van der Waals surface area (Å²) in [6, 6.07) is 0. The molecule has 0 aliphatic rings. The summed E-state index contributed by atoms with van der Waals surface area (Å²) in [5.74, 6) is 0.00199. The third kappa shape index (κ3) is 6.62. The van der Waals surface area contributed by atoms with Gasteiger partial charge in [-0.2, -0.15) is 0 Å². The summed E-state index contributed by atoms with van der Waals surface area (Å²) >= 11 is 0. The van der Waals surface area contributed by atoms with Crippen molar-refractivity contribution in [2.24, 2.45) is 0 Å². The molecule has 4 nitrogen and oxygen atoms in total. The molecule has 0 radical (unpaired) electrons. The Morgan fingerprint density at radius 3 is 2.86 bits per heavy atom. The third-order valence-electron chi connectivity index (χ3n) is 1.74. The van der Waals surface area contributed by atoms with Gasteiger partial charge in [0.05, 0.1) is 13.2 Å². The van der Waals surface area contributed by atoms with Gasteiger partial charge in [0.2, 0.25) is 5.91 Å². The van der Waals surface area contributed by atoms with Crippen molar-refractivity contribution in [2.45, 2.75) is 13.3 Å². The fraction of sp³-hybridized carbons (Fsp3) is 0.700. The minimum Gasteiger partial charge on any atom is -0.395 e. The average molecular weight is 200 g/mol. The van der Waals surface area contributed by atoms with Crippen molar-refractivity contribution in [1.29, 1.82) is 0 Å². The molecule has 4 heteroatoms. The summed E-state index contributed by atoms with van der Waals surface area (Å²) in [4.78, 5) is 13.1. The van der Waals surface area contributed by atoms with Crippen LogP contribution in [0.4, 0.5) is 0 Å². The van der Waals surface area contributed by atoms with Crippen molar-refractivity contribution in [2.75, 3.05) is 32.8 Å². The minimum absolute atomic E-state index is 0.00199. The molecule has 14 heavy (non-hydrogen) atoms. The molecule has 0 saturated heterocycles. The second-order valence-corrected chi connectivity index (χ2v) is 3.10. The molecule has 82 valence electrons. The average Bonchev–Trinajstić information content (AvgIpc) is 2.15. The van der Waals surface area contributed by atoms with E-state index < -0.39 is 0 Å². The largest absolute Gasteiger partial charge is 0.395 e. The lowest BCUT2D eigenvalue weighted by Crippen LogP contribution is -2.38. The quantitative estimate of drug-likeness (QED) is 0.542. The maximum atomic E-state index is 11.3. The van der Waals surface area contributed by atoms with Crippen LogP contribution < -0.4 is 5.32 Å². The van der Waals surface area contributed by atoms with Gasteiger partial charge in [0.1, 0.15) is 0 Å². The maximum absolute atomic E-state index is 11.3. The van der Waals surface area contributed by atoms with E-state index in [-0.39, 0.29) is 12.5 Å². The molecule has 0 aromatic heterocycles. The fourth-order valence-electron chi connectivity index (χ4n) is 1.08. The molecular weight excluding hydrogens is 180 g/mol. The lowest BCUT2D eigenvalue weighted by molar-refractivity contribution is -0.122. The molecule has 0 aromatic rings. The molecule has 0 unspecified atom stereocenters. The normalized spacial score (nSPS) is 10.2. The smallest absolute Gasteiger partial charge is 0.234 e. The fourth-order valence-corrected chi connectivity index (χ4v) is 1.08. The standard InChI is InChI=1S/C10H20N2O2/c1-3-5-11-10(14)9-12(6-4-2)7-8-13/h4,13H,2-3,5-9H2,1H3,(H,11,14). The molecular formula is C10H20N2O2. The summed E-state index contributed by atoms with van der Waals surface area (Å²) in [5.41, 5.74) is 0. The second kappa shape index (κ2) is 8.72. The van der Waals surface area contributed by atoms with E-state index in [1.54, 1.807) is 6.08 Å². The van der Waals surface area contributed by atoms with E-state index >= 15 is 0 Å². The Morgan fingerprint density at radius 2 is 2.36 bits per heavy atom. The van der Waals surface area contributed by atoms with E-state index in [1.165, 1.54) is 0 Å². The van der Waals surface area contributed by atoms with E-state index in [9.17, 15) is 4.79 Å². The molecule has 0 heterocycles. The zero-order valence-corrected chi connectivity index (χ0v) is 8.83. The Bertz CT molecular complexity index is 172. The molecule has 0 aliphatic heterocycles. The first kappa shape index (κ1) is 13.1. The van der Waals surface area contributed by atoms with Crippen molar-refractivity contribution in [3.05, 3.63) is 12.7 Å². The van der Waals surface area contributed by atoms with E-state index in [1.807, 2.05) is 11.8 Å². The molecule has 1 amide bonds. The molecule has 0 fully saturated rings. The van der Waals surface area contributed by atoms with Crippen LogP contribution in [0.25, 0.3) is 0 Å². The van der Waals surface area contributed by atoms with Crippen LogP contribution in [0, 0.1) is 0 Å². The Labute approximate surface area is 85.6 Å². The summed E-state index contributed by atoms with van der Waals surface area (Å²) in [6.45, 7) is 7.84. The zero-order chi connectivity index (χ0) is 10.8. The van der Waals surface area contributed by atoms with Crippen molar-refractivity contribution >= 4 is 5.91 Å². The predicted octanol–water partition coefficient (Wildman–Crippen LogP) is -0.00710. The number of hydrogen-bond acceptors (Lipinski definition) is 3. The van der Waals surface area contributed by atoms with E-state index in [2.05, 4.69) is 11.9 Å². The van der Waals surface area contributed by atoms with Gasteiger partial charge < -0.3 is 10.4 Å². The number of nitrogens with one attached hydrogen (secondary N) is 1. The van der Waals surface area contributed by atoms with Gasteiger partial charge in [0, 0.05) is 19.6 Å². The zero-order valence-electron chi connectivity index (χ0n) is 8.83. The Balaban J connectivity index is 3.76. The SMILES string of the molecule is C=CCN(CCO)CC(=O)NCCC. The van der Waals surface area contributed by atoms with Crippen LogP contribution in [-0.4, -0.2) is 48.7 Å². The summed E-state index contributed by atoms with van der Waals surface area (Å²) < 4.78 is 0. The summed E-state index contributed by atoms with van der Waals surface area (Å²) in [6.07, 6.45) is 2.66. The lowest BCUT2D eigenvalue weighted by Gasteiger charge is -2.18. The summed E-state index contributed by atoms with van der Waals surface area (Å²) in [5, 5.41) is 11.5. The highest BCUT2D eigenvalue weighted by Gasteiger charge is 2.07. The van der Waals surface area contributed by atoms with Crippen LogP contribution in [0.15, 0.2) is 12.7 Å². The molecule has 0 rings (SSSR count). The van der Waals surface area contributed by atoms with Gasteiger partial charge in [-0.25, -0.2) is 0 Å². The highest BCUT2D eigenvalue weighted by atomic mass is 16.3. The van der Waals surface area contributed by atoms with Crippen molar-refractivity contribution < 1.29 is 9.90 Å². The van der Waals surface area contributed by atoms with Crippen LogP contribution in [0.1, 0.15) is 13.3 Å².